The molecule has 0 fully saturated rings. The second-order valence-corrected chi connectivity index (χ2v) is 6.38. The van der Waals surface area contributed by atoms with Gasteiger partial charge in [-0.05, 0) is 32.4 Å². The molecule has 0 spiro atoms. The Morgan fingerprint density at radius 1 is 1.22 bits per heavy atom. The molecule has 0 bridgehead atoms. The number of nitrogens with zero attached hydrogens (tertiary/aromatic N) is 1. The topological polar surface area (TPSA) is 73.4 Å². The maximum Gasteiger partial charge on any atom is 0.254 e. The number of carbonyl (C=O) groups excluding carboxylic acids is 1. The van der Waals surface area contributed by atoms with Crippen molar-refractivity contribution in [1.82, 2.24) is 9.88 Å². The van der Waals surface area contributed by atoms with Gasteiger partial charge in [-0.3, -0.25) is 9.59 Å². The molecule has 5 heteroatoms. The molecule has 0 aliphatic rings. The quantitative estimate of drug-likeness (QED) is 0.887. The van der Waals surface area contributed by atoms with Crippen LogP contribution in [0.2, 0.25) is 0 Å². The molecule has 2 rings (SSSR count). The molecule has 1 aromatic heterocycles. The van der Waals surface area contributed by atoms with Gasteiger partial charge in [-0.15, -0.1) is 0 Å². The molecular formula is C18H22N2O3. The highest BCUT2D eigenvalue weighted by Crippen LogP contribution is 2.14. The second kappa shape index (κ2) is 6.79. The van der Waals surface area contributed by atoms with Crippen LogP contribution in [-0.4, -0.2) is 33.0 Å². The summed E-state index contributed by atoms with van der Waals surface area (Å²) in [4.78, 5) is 28.6. The number of hydrogen-bond acceptors (Lipinski definition) is 3. The lowest BCUT2D eigenvalue weighted by Gasteiger charge is -2.29. The van der Waals surface area contributed by atoms with Gasteiger partial charge in [-0.1, -0.05) is 30.3 Å². The van der Waals surface area contributed by atoms with Crippen molar-refractivity contribution in [3.05, 3.63) is 69.6 Å². The van der Waals surface area contributed by atoms with Crippen molar-refractivity contribution in [3.63, 3.8) is 0 Å². The number of carbonyl (C=O) groups is 1. The van der Waals surface area contributed by atoms with Crippen molar-refractivity contribution in [2.24, 2.45) is 0 Å². The number of aryl methyl sites for hydroxylation is 1. The first-order valence-corrected chi connectivity index (χ1v) is 7.51. The van der Waals surface area contributed by atoms with E-state index in [1.54, 1.807) is 31.7 Å². The molecule has 0 aliphatic heterocycles. The van der Waals surface area contributed by atoms with E-state index in [-0.39, 0.29) is 18.0 Å². The molecule has 0 saturated carbocycles. The Kier molecular flexibility index (Phi) is 5.01. The lowest BCUT2D eigenvalue weighted by atomic mass is 10.1. The monoisotopic (exact) mass is 314 g/mol. The maximum atomic E-state index is 12.8. The van der Waals surface area contributed by atoms with E-state index < -0.39 is 5.60 Å². The van der Waals surface area contributed by atoms with Crippen LogP contribution in [0.3, 0.4) is 0 Å². The van der Waals surface area contributed by atoms with E-state index in [4.69, 9.17) is 0 Å². The predicted octanol–water partition coefficient (Wildman–Crippen LogP) is 2.10. The molecule has 23 heavy (non-hydrogen) atoms. The van der Waals surface area contributed by atoms with Gasteiger partial charge in [-0.2, -0.15) is 0 Å². The number of aliphatic hydroxyl groups is 1. The Morgan fingerprint density at radius 3 is 2.43 bits per heavy atom. The largest absolute Gasteiger partial charge is 0.389 e. The minimum Gasteiger partial charge on any atom is -0.389 e. The average Bonchev–Trinajstić information content (AvgIpc) is 2.44. The summed E-state index contributed by atoms with van der Waals surface area (Å²) >= 11 is 0. The minimum atomic E-state index is -1.03. The molecule has 122 valence electrons. The molecule has 0 saturated heterocycles. The zero-order chi connectivity index (χ0) is 17.0. The van der Waals surface area contributed by atoms with Crippen molar-refractivity contribution in [3.8, 4) is 0 Å². The highest BCUT2D eigenvalue weighted by atomic mass is 16.3. The number of benzene rings is 1. The van der Waals surface area contributed by atoms with E-state index in [0.29, 0.717) is 17.8 Å². The number of nitrogens with one attached hydrogen (secondary N) is 1. The maximum absolute atomic E-state index is 12.8. The van der Waals surface area contributed by atoms with Crippen molar-refractivity contribution >= 4 is 5.91 Å². The normalized spacial score (nSPS) is 11.3. The van der Waals surface area contributed by atoms with Crippen LogP contribution in [0.25, 0.3) is 0 Å². The van der Waals surface area contributed by atoms with Crippen LogP contribution in [0, 0.1) is 6.92 Å². The molecular weight excluding hydrogens is 292 g/mol. The van der Waals surface area contributed by atoms with Crippen LogP contribution in [0.1, 0.15) is 35.5 Å². The van der Waals surface area contributed by atoms with Crippen LogP contribution < -0.4 is 5.56 Å². The van der Waals surface area contributed by atoms with Crippen molar-refractivity contribution in [2.75, 3.05) is 6.54 Å². The first-order valence-electron chi connectivity index (χ1n) is 7.51. The van der Waals surface area contributed by atoms with Gasteiger partial charge in [-0.25, -0.2) is 0 Å². The third-order valence-corrected chi connectivity index (χ3v) is 3.31. The van der Waals surface area contributed by atoms with Gasteiger partial charge in [0.15, 0.2) is 0 Å². The minimum absolute atomic E-state index is 0.173. The van der Waals surface area contributed by atoms with Gasteiger partial charge >= 0.3 is 0 Å². The highest BCUT2D eigenvalue weighted by molar-refractivity contribution is 5.94. The number of amides is 1. The van der Waals surface area contributed by atoms with E-state index >= 15 is 0 Å². The summed E-state index contributed by atoms with van der Waals surface area (Å²) < 4.78 is 0. The average molecular weight is 314 g/mol. The Hall–Kier alpha value is -2.40. The molecule has 0 unspecified atom stereocenters. The van der Waals surface area contributed by atoms with Crippen LogP contribution >= 0.6 is 0 Å². The molecule has 0 aliphatic carbocycles. The number of rotatable bonds is 5. The fraction of sp³-hybridized carbons (Fsp3) is 0.333. The molecule has 5 nitrogen and oxygen atoms in total. The van der Waals surface area contributed by atoms with Crippen LogP contribution in [0.15, 0.2) is 47.3 Å². The zero-order valence-corrected chi connectivity index (χ0v) is 13.7. The number of hydrogen-bond donors (Lipinski definition) is 2. The Labute approximate surface area is 135 Å². The summed E-state index contributed by atoms with van der Waals surface area (Å²) in [7, 11) is 0. The molecule has 1 amide bonds. The zero-order valence-electron chi connectivity index (χ0n) is 13.7. The summed E-state index contributed by atoms with van der Waals surface area (Å²) in [5, 5.41) is 10.1. The fourth-order valence-electron chi connectivity index (χ4n) is 2.46. The SMILES string of the molecule is Cc1cc(C(=O)N(Cc2ccccc2)CC(C)(C)O)cc(=O)[nH]1. The van der Waals surface area contributed by atoms with E-state index in [9.17, 15) is 14.7 Å². The number of aromatic nitrogens is 1. The summed E-state index contributed by atoms with van der Waals surface area (Å²) in [6.07, 6.45) is 0. The number of pyridine rings is 1. The van der Waals surface area contributed by atoms with Crippen LogP contribution in [0.5, 0.6) is 0 Å². The third-order valence-electron chi connectivity index (χ3n) is 3.31. The Balaban J connectivity index is 2.32. The van der Waals surface area contributed by atoms with Gasteiger partial charge < -0.3 is 15.0 Å². The third kappa shape index (κ3) is 5.07. The second-order valence-electron chi connectivity index (χ2n) is 6.38. The first-order chi connectivity index (χ1) is 10.7. The van der Waals surface area contributed by atoms with Crippen LogP contribution in [-0.2, 0) is 6.54 Å². The van der Waals surface area contributed by atoms with Crippen molar-refractivity contribution in [1.29, 1.82) is 0 Å². The van der Waals surface area contributed by atoms with Crippen molar-refractivity contribution < 1.29 is 9.90 Å². The summed E-state index contributed by atoms with van der Waals surface area (Å²) in [5.74, 6) is -0.273. The van der Waals surface area contributed by atoms with Crippen molar-refractivity contribution in [2.45, 2.75) is 32.9 Å². The summed E-state index contributed by atoms with van der Waals surface area (Å²) in [6, 6.07) is 12.5. The van der Waals surface area contributed by atoms with Gasteiger partial charge in [0.1, 0.15) is 0 Å². The predicted molar refractivity (Wildman–Crippen MR) is 89.3 cm³/mol. The molecule has 0 atom stereocenters. The van der Waals surface area contributed by atoms with E-state index in [1.165, 1.54) is 6.07 Å². The van der Waals surface area contributed by atoms with Gasteiger partial charge in [0.05, 0.1) is 5.60 Å². The van der Waals surface area contributed by atoms with E-state index in [2.05, 4.69) is 4.98 Å². The Bertz CT molecular complexity index is 730. The fourth-order valence-corrected chi connectivity index (χ4v) is 2.46. The number of aromatic amines is 1. The molecule has 2 aromatic rings. The van der Waals surface area contributed by atoms with Gasteiger partial charge in [0, 0.05) is 30.4 Å². The van der Waals surface area contributed by atoms with E-state index in [0.717, 1.165) is 5.56 Å². The lowest BCUT2D eigenvalue weighted by Crippen LogP contribution is -2.42. The summed E-state index contributed by atoms with van der Waals surface area (Å²) in [6.45, 7) is 5.58. The van der Waals surface area contributed by atoms with Gasteiger partial charge in [0.2, 0.25) is 5.56 Å². The van der Waals surface area contributed by atoms with Crippen LogP contribution in [0.4, 0.5) is 0 Å². The molecule has 1 aromatic carbocycles. The molecule has 0 radical (unpaired) electrons. The van der Waals surface area contributed by atoms with E-state index in [1.807, 2.05) is 30.3 Å². The lowest BCUT2D eigenvalue weighted by molar-refractivity contribution is 0.0280. The summed E-state index contributed by atoms with van der Waals surface area (Å²) in [5.41, 5.74) is 0.582. The first kappa shape index (κ1) is 17.0. The smallest absolute Gasteiger partial charge is 0.254 e. The highest BCUT2D eigenvalue weighted by Gasteiger charge is 2.24. The number of H-pyrrole nitrogens is 1. The van der Waals surface area contributed by atoms with Gasteiger partial charge in [0.25, 0.3) is 5.91 Å². The molecule has 2 N–H and O–H groups in total. The molecule has 1 heterocycles. The standard InChI is InChI=1S/C18H22N2O3/c1-13-9-15(10-16(21)19-13)17(22)20(12-18(2,3)23)11-14-7-5-4-6-8-14/h4-10,23H,11-12H2,1-3H3,(H,19,21). The Morgan fingerprint density at radius 2 is 1.87 bits per heavy atom.